The third-order valence-corrected chi connectivity index (χ3v) is 5.44. The lowest BCUT2D eigenvalue weighted by Crippen LogP contribution is -2.24. The van der Waals surface area contributed by atoms with Crippen LogP contribution < -0.4 is 5.56 Å². The monoisotopic (exact) mass is 386 g/mol. The topological polar surface area (TPSA) is 73.8 Å². The van der Waals surface area contributed by atoms with Gasteiger partial charge in [-0.1, -0.05) is 56.7 Å². The number of benzene rings is 1. The molecule has 0 aliphatic rings. The highest BCUT2D eigenvalue weighted by Crippen LogP contribution is 2.33. The fourth-order valence-corrected chi connectivity index (χ4v) is 3.64. The van der Waals surface area contributed by atoms with Gasteiger partial charge in [-0.05, 0) is 31.4 Å². The van der Waals surface area contributed by atoms with Crippen LogP contribution in [-0.2, 0) is 6.54 Å². The molecule has 0 N–H and O–H groups in total. The molecule has 6 nitrogen and oxygen atoms in total. The second-order valence-corrected chi connectivity index (χ2v) is 8.76. The maximum Gasteiger partial charge on any atom is 0.262 e. The van der Waals surface area contributed by atoms with Crippen molar-refractivity contribution < 1.29 is 4.52 Å². The number of hydrogen-bond donors (Lipinski definition) is 0. The fraction of sp³-hybridized carbons (Fsp3) is 0.500. The molecule has 1 aromatic carbocycles. The molecule has 0 bridgehead atoms. The van der Waals surface area contributed by atoms with Crippen molar-refractivity contribution in [3.63, 3.8) is 0 Å². The molecule has 2 aromatic heterocycles. The molecule has 3 rings (SSSR count). The number of nitrogens with zero attached hydrogens (tertiary/aromatic N) is 4. The molecule has 0 aliphatic heterocycles. The second-order valence-electron chi connectivity index (χ2n) is 7.46. The molecule has 0 saturated heterocycles. The lowest BCUT2D eigenvalue weighted by molar-refractivity contribution is 0.372. The predicted molar refractivity (Wildman–Crippen MR) is 108 cm³/mol. The fourth-order valence-electron chi connectivity index (χ4n) is 2.68. The van der Waals surface area contributed by atoms with Crippen LogP contribution in [0.4, 0.5) is 0 Å². The molecular weight excluding hydrogens is 360 g/mol. The zero-order valence-corrected chi connectivity index (χ0v) is 17.3. The van der Waals surface area contributed by atoms with Gasteiger partial charge in [0, 0.05) is 12.5 Å². The first-order valence-corrected chi connectivity index (χ1v) is 10.2. The summed E-state index contributed by atoms with van der Waals surface area (Å²) in [5.41, 5.74) is 0.718. The van der Waals surface area contributed by atoms with Gasteiger partial charge in [-0.25, -0.2) is 4.98 Å². The Morgan fingerprint density at radius 1 is 1.11 bits per heavy atom. The summed E-state index contributed by atoms with van der Waals surface area (Å²) >= 11 is 1.48. The number of thioether (sulfide) groups is 1. The summed E-state index contributed by atoms with van der Waals surface area (Å²) in [6.07, 6.45) is 0.917. The van der Waals surface area contributed by atoms with E-state index in [1.807, 2.05) is 45.0 Å². The van der Waals surface area contributed by atoms with Gasteiger partial charge < -0.3 is 4.52 Å². The minimum atomic E-state index is -0.0941. The number of fused-ring (bicyclic) bond motifs is 1. The number of aromatic nitrogens is 4. The minimum Gasteiger partial charge on any atom is -0.338 e. The maximum atomic E-state index is 13.0. The van der Waals surface area contributed by atoms with E-state index in [1.54, 1.807) is 4.57 Å². The van der Waals surface area contributed by atoms with Crippen LogP contribution in [0, 0.1) is 5.92 Å². The van der Waals surface area contributed by atoms with E-state index in [4.69, 9.17) is 9.51 Å². The van der Waals surface area contributed by atoms with E-state index in [1.165, 1.54) is 11.8 Å². The molecule has 0 radical (unpaired) electrons. The minimum absolute atomic E-state index is 0.00403. The molecule has 0 fully saturated rings. The highest BCUT2D eigenvalue weighted by molar-refractivity contribution is 7.99. The zero-order chi connectivity index (χ0) is 19.6. The van der Waals surface area contributed by atoms with Crippen LogP contribution in [0.15, 0.2) is 38.7 Å². The molecule has 27 heavy (non-hydrogen) atoms. The summed E-state index contributed by atoms with van der Waals surface area (Å²) in [5, 5.41) is 5.29. The molecule has 144 valence electrons. The molecular formula is C20H26N4O2S. The Bertz CT molecular complexity index is 978. The molecule has 1 atom stereocenters. The van der Waals surface area contributed by atoms with Gasteiger partial charge in [-0.2, -0.15) is 4.98 Å². The van der Waals surface area contributed by atoms with Gasteiger partial charge in [0.15, 0.2) is 11.0 Å². The quantitative estimate of drug-likeness (QED) is 0.429. The van der Waals surface area contributed by atoms with Crippen LogP contribution in [0.25, 0.3) is 10.9 Å². The van der Waals surface area contributed by atoms with Crippen molar-refractivity contribution in [3.05, 3.63) is 46.3 Å². The summed E-state index contributed by atoms with van der Waals surface area (Å²) in [5.74, 6) is 1.97. The number of rotatable bonds is 7. The van der Waals surface area contributed by atoms with Crippen LogP contribution in [0.1, 0.15) is 63.9 Å². The van der Waals surface area contributed by atoms with Gasteiger partial charge in [0.05, 0.1) is 16.2 Å². The second kappa shape index (κ2) is 8.25. The molecule has 7 heteroatoms. The van der Waals surface area contributed by atoms with Gasteiger partial charge in [0.1, 0.15) is 0 Å². The SMILES string of the molecule is CC(C)CCn1c(SC(C)c2nc(C(C)C)no2)nc2ccccc2c1=O. The van der Waals surface area contributed by atoms with Crippen molar-refractivity contribution in [2.45, 2.75) is 63.9 Å². The Balaban J connectivity index is 1.97. The highest BCUT2D eigenvalue weighted by Gasteiger charge is 2.21. The molecule has 0 amide bonds. The van der Waals surface area contributed by atoms with Crippen LogP contribution in [0.3, 0.4) is 0 Å². The Kier molecular flexibility index (Phi) is 5.99. The molecule has 1 unspecified atom stereocenters. The molecule has 0 aliphatic carbocycles. The largest absolute Gasteiger partial charge is 0.338 e. The lowest BCUT2D eigenvalue weighted by Gasteiger charge is -2.15. The molecule has 3 aromatic rings. The van der Waals surface area contributed by atoms with E-state index >= 15 is 0 Å². The molecule has 2 heterocycles. The van der Waals surface area contributed by atoms with Crippen molar-refractivity contribution in [2.24, 2.45) is 5.92 Å². The van der Waals surface area contributed by atoms with Crippen molar-refractivity contribution in [1.29, 1.82) is 0 Å². The third kappa shape index (κ3) is 4.40. The highest BCUT2D eigenvalue weighted by atomic mass is 32.2. The Hall–Kier alpha value is -2.15. The lowest BCUT2D eigenvalue weighted by atomic mass is 10.1. The summed E-state index contributed by atoms with van der Waals surface area (Å²) < 4.78 is 7.20. The Labute approximate surface area is 163 Å². The molecule has 0 saturated carbocycles. The van der Waals surface area contributed by atoms with E-state index in [9.17, 15) is 4.79 Å². The van der Waals surface area contributed by atoms with Crippen LogP contribution in [0.5, 0.6) is 0 Å². The maximum absolute atomic E-state index is 13.0. The zero-order valence-electron chi connectivity index (χ0n) is 16.5. The first kappa shape index (κ1) is 19.6. The molecule has 0 spiro atoms. The van der Waals surface area contributed by atoms with E-state index in [2.05, 4.69) is 24.0 Å². The van der Waals surface area contributed by atoms with Gasteiger partial charge >= 0.3 is 0 Å². The smallest absolute Gasteiger partial charge is 0.262 e. The summed E-state index contributed by atoms with van der Waals surface area (Å²) in [6.45, 7) is 11.0. The van der Waals surface area contributed by atoms with Gasteiger partial charge in [-0.15, -0.1) is 0 Å². The van der Waals surface area contributed by atoms with Crippen LogP contribution in [0.2, 0.25) is 0 Å². The van der Waals surface area contributed by atoms with E-state index in [0.29, 0.717) is 40.2 Å². The Morgan fingerprint density at radius 2 is 1.85 bits per heavy atom. The van der Waals surface area contributed by atoms with Crippen LogP contribution in [-0.4, -0.2) is 19.7 Å². The van der Waals surface area contributed by atoms with E-state index in [0.717, 1.165) is 6.42 Å². The van der Waals surface area contributed by atoms with E-state index in [-0.39, 0.29) is 16.7 Å². The Morgan fingerprint density at radius 3 is 2.52 bits per heavy atom. The average Bonchev–Trinajstić information content (AvgIpc) is 3.12. The van der Waals surface area contributed by atoms with Crippen molar-refractivity contribution >= 4 is 22.7 Å². The normalized spacial score (nSPS) is 13.0. The van der Waals surface area contributed by atoms with Crippen LogP contribution >= 0.6 is 11.8 Å². The van der Waals surface area contributed by atoms with Gasteiger partial charge in [-0.3, -0.25) is 9.36 Å². The van der Waals surface area contributed by atoms with Crippen molar-refractivity contribution in [3.8, 4) is 0 Å². The number of hydrogen-bond acceptors (Lipinski definition) is 6. The summed E-state index contributed by atoms with van der Waals surface area (Å²) in [6, 6.07) is 7.49. The van der Waals surface area contributed by atoms with Gasteiger partial charge in [0.25, 0.3) is 5.56 Å². The standard InChI is InChI=1S/C20H26N4O2S/c1-12(2)10-11-24-19(25)15-8-6-7-9-16(15)21-20(24)27-14(5)18-22-17(13(3)4)23-26-18/h6-9,12-14H,10-11H2,1-5H3. The van der Waals surface area contributed by atoms with Crippen molar-refractivity contribution in [1.82, 2.24) is 19.7 Å². The van der Waals surface area contributed by atoms with Gasteiger partial charge in [0.2, 0.25) is 5.89 Å². The average molecular weight is 387 g/mol. The first-order chi connectivity index (χ1) is 12.9. The summed E-state index contributed by atoms with van der Waals surface area (Å²) in [7, 11) is 0. The number of para-hydroxylation sites is 1. The third-order valence-electron chi connectivity index (χ3n) is 4.36. The first-order valence-electron chi connectivity index (χ1n) is 9.36. The van der Waals surface area contributed by atoms with Crippen molar-refractivity contribution in [2.75, 3.05) is 0 Å². The van der Waals surface area contributed by atoms with E-state index < -0.39 is 0 Å². The summed E-state index contributed by atoms with van der Waals surface area (Å²) in [4.78, 5) is 22.3. The predicted octanol–water partition coefficient (Wildman–Crippen LogP) is 4.80.